The van der Waals surface area contributed by atoms with Gasteiger partial charge in [0, 0.05) is 29.9 Å². The largest absolute Gasteiger partial charge is 0.496 e. The van der Waals surface area contributed by atoms with Crippen LogP contribution in [0.3, 0.4) is 0 Å². The van der Waals surface area contributed by atoms with E-state index in [2.05, 4.69) is 42.3 Å². The van der Waals surface area contributed by atoms with Crippen LogP contribution in [-0.4, -0.2) is 18.6 Å². The molecule has 1 unspecified atom stereocenters. The molecule has 0 aliphatic heterocycles. The van der Waals surface area contributed by atoms with Crippen LogP contribution in [0, 0.1) is 6.92 Å². The normalized spacial score (nSPS) is 12.2. The highest BCUT2D eigenvalue weighted by Crippen LogP contribution is 2.28. The topological polar surface area (TPSA) is 34.2 Å². The Bertz CT molecular complexity index is 540. The van der Waals surface area contributed by atoms with E-state index in [1.807, 2.05) is 24.4 Å². The third-order valence-corrected chi connectivity index (χ3v) is 3.35. The van der Waals surface area contributed by atoms with Crippen LogP contribution in [0.15, 0.2) is 42.6 Å². The van der Waals surface area contributed by atoms with Gasteiger partial charge in [0.1, 0.15) is 5.75 Å². The molecule has 1 atom stereocenters. The SMILES string of the molecule is CCNC(Cc1ccccn1)c1cc(C)ccc1OC. The fourth-order valence-electron chi connectivity index (χ4n) is 2.39. The quantitative estimate of drug-likeness (QED) is 0.874. The Morgan fingerprint density at radius 1 is 1.25 bits per heavy atom. The molecule has 2 aromatic rings. The summed E-state index contributed by atoms with van der Waals surface area (Å²) in [7, 11) is 1.72. The van der Waals surface area contributed by atoms with E-state index in [1.165, 1.54) is 11.1 Å². The van der Waals surface area contributed by atoms with Crippen molar-refractivity contribution in [1.29, 1.82) is 0 Å². The monoisotopic (exact) mass is 270 g/mol. The van der Waals surface area contributed by atoms with Gasteiger partial charge in [0.05, 0.1) is 7.11 Å². The van der Waals surface area contributed by atoms with E-state index in [0.717, 1.165) is 24.4 Å². The summed E-state index contributed by atoms with van der Waals surface area (Å²) >= 11 is 0. The van der Waals surface area contributed by atoms with Crippen LogP contribution in [0.4, 0.5) is 0 Å². The predicted octanol–water partition coefficient (Wildman–Crippen LogP) is 3.29. The molecule has 3 nitrogen and oxygen atoms in total. The number of aryl methyl sites for hydroxylation is 1. The Hall–Kier alpha value is -1.87. The first-order valence-electron chi connectivity index (χ1n) is 7.02. The van der Waals surface area contributed by atoms with Gasteiger partial charge in [0.15, 0.2) is 0 Å². The summed E-state index contributed by atoms with van der Waals surface area (Å²) in [5.41, 5.74) is 3.52. The number of rotatable bonds is 6. The van der Waals surface area contributed by atoms with Crippen molar-refractivity contribution in [2.24, 2.45) is 0 Å². The van der Waals surface area contributed by atoms with Crippen molar-refractivity contribution < 1.29 is 4.74 Å². The number of likely N-dealkylation sites (N-methyl/N-ethyl adjacent to an activating group) is 1. The number of nitrogens with zero attached hydrogens (tertiary/aromatic N) is 1. The van der Waals surface area contributed by atoms with Gasteiger partial charge in [-0.25, -0.2) is 0 Å². The molecule has 3 heteroatoms. The Morgan fingerprint density at radius 2 is 2.10 bits per heavy atom. The van der Waals surface area contributed by atoms with Crippen molar-refractivity contribution in [2.75, 3.05) is 13.7 Å². The zero-order valence-corrected chi connectivity index (χ0v) is 12.4. The molecular weight excluding hydrogens is 248 g/mol. The zero-order valence-electron chi connectivity index (χ0n) is 12.4. The smallest absolute Gasteiger partial charge is 0.123 e. The summed E-state index contributed by atoms with van der Waals surface area (Å²) in [4.78, 5) is 4.42. The lowest BCUT2D eigenvalue weighted by Crippen LogP contribution is -2.24. The van der Waals surface area contributed by atoms with E-state index in [4.69, 9.17) is 4.74 Å². The third kappa shape index (κ3) is 3.58. The molecule has 2 rings (SSSR count). The fraction of sp³-hybridized carbons (Fsp3) is 0.353. The van der Waals surface area contributed by atoms with Crippen molar-refractivity contribution >= 4 is 0 Å². The van der Waals surface area contributed by atoms with Crippen LogP contribution >= 0.6 is 0 Å². The number of aromatic nitrogens is 1. The standard InChI is InChI=1S/C17H22N2O/c1-4-18-16(12-14-7-5-6-10-19-14)15-11-13(2)8-9-17(15)20-3/h5-11,16,18H,4,12H2,1-3H3. The zero-order chi connectivity index (χ0) is 14.4. The Morgan fingerprint density at radius 3 is 2.75 bits per heavy atom. The summed E-state index contributed by atoms with van der Waals surface area (Å²) in [6.45, 7) is 5.13. The third-order valence-electron chi connectivity index (χ3n) is 3.35. The number of methoxy groups -OCH3 is 1. The maximum absolute atomic E-state index is 5.50. The van der Waals surface area contributed by atoms with Crippen LogP contribution < -0.4 is 10.1 Å². The van der Waals surface area contributed by atoms with Crippen molar-refractivity contribution in [3.05, 3.63) is 59.4 Å². The average Bonchev–Trinajstić information content (AvgIpc) is 2.48. The van der Waals surface area contributed by atoms with Crippen molar-refractivity contribution in [3.63, 3.8) is 0 Å². The number of ether oxygens (including phenoxy) is 1. The molecular formula is C17H22N2O. The number of hydrogen-bond acceptors (Lipinski definition) is 3. The molecule has 0 saturated carbocycles. The first-order valence-corrected chi connectivity index (χ1v) is 7.02. The fourth-order valence-corrected chi connectivity index (χ4v) is 2.39. The van der Waals surface area contributed by atoms with Gasteiger partial charge in [-0.05, 0) is 31.7 Å². The highest BCUT2D eigenvalue weighted by atomic mass is 16.5. The minimum absolute atomic E-state index is 0.213. The van der Waals surface area contributed by atoms with E-state index in [9.17, 15) is 0 Å². The van der Waals surface area contributed by atoms with Crippen LogP contribution in [0.1, 0.15) is 29.8 Å². The summed E-state index contributed by atoms with van der Waals surface area (Å²) in [5.74, 6) is 0.928. The maximum Gasteiger partial charge on any atom is 0.123 e. The highest BCUT2D eigenvalue weighted by molar-refractivity contribution is 5.39. The predicted molar refractivity (Wildman–Crippen MR) is 82.1 cm³/mol. The van der Waals surface area contributed by atoms with Gasteiger partial charge in [0.2, 0.25) is 0 Å². The molecule has 0 radical (unpaired) electrons. The Labute approximate surface area is 121 Å². The summed E-state index contributed by atoms with van der Waals surface area (Å²) in [6, 6.07) is 12.5. The van der Waals surface area contributed by atoms with Gasteiger partial charge in [0.25, 0.3) is 0 Å². The van der Waals surface area contributed by atoms with Gasteiger partial charge in [-0.1, -0.05) is 30.7 Å². The Balaban J connectivity index is 2.30. The van der Waals surface area contributed by atoms with Crippen LogP contribution in [0.5, 0.6) is 5.75 Å². The van der Waals surface area contributed by atoms with Gasteiger partial charge in [-0.15, -0.1) is 0 Å². The minimum Gasteiger partial charge on any atom is -0.496 e. The number of benzene rings is 1. The molecule has 1 aromatic heterocycles. The lowest BCUT2D eigenvalue weighted by atomic mass is 9.98. The second-order valence-corrected chi connectivity index (χ2v) is 4.88. The van der Waals surface area contributed by atoms with E-state index >= 15 is 0 Å². The number of nitrogens with one attached hydrogen (secondary N) is 1. The maximum atomic E-state index is 5.50. The second-order valence-electron chi connectivity index (χ2n) is 4.88. The molecule has 0 aliphatic carbocycles. The lowest BCUT2D eigenvalue weighted by Gasteiger charge is -2.21. The molecule has 20 heavy (non-hydrogen) atoms. The molecule has 106 valence electrons. The van der Waals surface area contributed by atoms with E-state index in [0.29, 0.717) is 0 Å². The molecule has 1 heterocycles. The molecule has 0 amide bonds. The first-order chi connectivity index (χ1) is 9.74. The molecule has 0 saturated heterocycles. The number of hydrogen-bond donors (Lipinski definition) is 1. The van der Waals surface area contributed by atoms with Crippen molar-refractivity contribution in [1.82, 2.24) is 10.3 Å². The average molecular weight is 270 g/mol. The minimum atomic E-state index is 0.213. The molecule has 0 bridgehead atoms. The van der Waals surface area contributed by atoms with Crippen molar-refractivity contribution in [2.45, 2.75) is 26.3 Å². The lowest BCUT2D eigenvalue weighted by molar-refractivity contribution is 0.398. The van der Waals surface area contributed by atoms with E-state index < -0.39 is 0 Å². The van der Waals surface area contributed by atoms with Gasteiger partial charge in [-0.3, -0.25) is 4.98 Å². The summed E-state index contributed by atoms with van der Waals surface area (Å²) in [6.07, 6.45) is 2.69. The molecule has 0 aliphatic rings. The Kier molecular flexibility index (Phi) is 5.13. The van der Waals surface area contributed by atoms with Crippen molar-refractivity contribution in [3.8, 4) is 5.75 Å². The van der Waals surface area contributed by atoms with E-state index in [-0.39, 0.29) is 6.04 Å². The first kappa shape index (κ1) is 14.5. The summed E-state index contributed by atoms with van der Waals surface area (Å²) in [5, 5.41) is 3.53. The molecule has 0 spiro atoms. The summed E-state index contributed by atoms with van der Waals surface area (Å²) < 4.78 is 5.50. The highest BCUT2D eigenvalue weighted by Gasteiger charge is 2.16. The van der Waals surface area contributed by atoms with E-state index in [1.54, 1.807) is 7.11 Å². The van der Waals surface area contributed by atoms with Gasteiger partial charge in [-0.2, -0.15) is 0 Å². The number of pyridine rings is 1. The van der Waals surface area contributed by atoms with Gasteiger partial charge >= 0.3 is 0 Å². The van der Waals surface area contributed by atoms with Crippen LogP contribution in [-0.2, 0) is 6.42 Å². The molecule has 1 aromatic carbocycles. The molecule has 0 fully saturated rings. The van der Waals surface area contributed by atoms with Gasteiger partial charge < -0.3 is 10.1 Å². The van der Waals surface area contributed by atoms with Crippen LogP contribution in [0.2, 0.25) is 0 Å². The molecule has 1 N–H and O–H groups in total. The van der Waals surface area contributed by atoms with Crippen LogP contribution in [0.25, 0.3) is 0 Å². The second kappa shape index (κ2) is 7.06.